The fraction of sp³-hybridized carbons (Fsp3) is 0.588. The van der Waals surface area contributed by atoms with Gasteiger partial charge >= 0.3 is 0 Å². The monoisotopic (exact) mass is 339 g/mol. The SMILES string of the molecule is COc1cc(C[NH2+]CCC[NH+]2CCOCC2)ccc1OCC(N)=O. The minimum atomic E-state index is -0.503. The quantitative estimate of drug-likeness (QED) is 0.427. The lowest BCUT2D eigenvalue weighted by Crippen LogP contribution is -3.14. The van der Waals surface area contributed by atoms with Crippen LogP contribution in [0, 0.1) is 0 Å². The van der Waals surface area contributed by atoms with Crippen LogP contribution < -0.4 is 25.4 Å². The standard InChI is InChI=1S/C17H27N3O4/c1-22-16-11-14(3-4-15(16)24-13-17(18)21)12-19-5-2-6-20-7-9-23-10-8-20/h3-4,11,19H,2,5-10,12-13H2,1H3,(H2,18,21)/p+2. The van der Waals surface area contributed by atoms with Crippen LogP contribution in [0.4, 0.5) is 0 Å². The number of methoxy groups -OCH3 is 1. The van der Waals surface area contributed by atoms with Gasteiger partial charge in [0.1, 0.15) is 19.6 Å². The number of morpholine rings is 1. The first kappa shape index (κ1) is 18.5. The summed E-state index contributed by atoms with van der Waals surface area (Å²) in [7, 11) is 1.59. The van der Waals surface area contributed by atoms with Crippen LogP contribution in [0.1, 0.15) is 12.0 Å². The molecule has 1 aromatic rings. The van der Waals surface area contributed by atoms with Crippen molar-refractivity contribution in [2.75, 3.05) is 53.1 Å². The summed E-state index contributed by atoms with van der Waals surface area (Å²) in [5.74, 6) is 0.660. The molecule has 1 heterocycles. The zero-order valence-electron chi connectivity index (χ0n) is 14.4. The fourth-order valence-electron chi connectivity index (χ4n) is 2.78. The largest absolute Gasteiger partial charge is 0.493 e. The smallest absolute Gasteiger partial charge is 0.255 e. The number of primary amides is 1. The maximum absolute atomic E-state index is 10.8. The Hall–Kier alpha value is -1.83. The van der Waals surface area contributed by atoms with Crippen molar-refractivity contribution in [1.82, 2.24) is 0 Å². The fourth-order valence-corrected chi connectivity index (χ4v) is 2.78. The van der Waals surface area contributed by atoms with Crippen molar-refractivity contribution in [2.24, 2.45) is 5.73 Å². The van der Waals surface area contributed by atoms with Gasteiger partial charge in [-0.05, 0) is 18.2 Å². The Bertz CT molecular complexity index is 519. The van der Waals surface area contributed by atoms with E-state index in [4.69, 9.17) is 19.9 Å². The Labute approximate surface area is 143 Å². The summed E-state index contributed by atoms with van der Waals surface area (Å²) in [6.07, 6.45) is 1.20. The number of amides is 1. The number of nitrogens with one attached hydrogen (secondary N) is 1. The molecule has 0 radical (unpaired) electrons. The highest BCUT2D eigenvalue weighted by molar-refractivity contribution is 5.75. The van der Waals surface area contributed by atoms with Crippen LogP contribution in [0.3, 0.4) is 0 Å². The number of rotatable bonds is 10. The van der Waals surface area contributed by atoms with Crippen LogP contribution in [0.2, 0.25) is 0 Å². The van der Waals surface area contributed by atoms with Gasteiger partial charge in [-0.3, -0.25) is 4.79 Å². The van der Waals surface area contributed by atoms with Gasteiger partial charge in [-0.15, -0.1) is 0 Å². The van der Waals surface area contributed by atoms with E-state index in [9.17, 15) is 4.79 Å². The summed E-state index contributed by atoms with van der Waals surface area (Å²) in [5.41, 5.74) is 6.26. The molecule has 0 bridgehead atoms. The van der Waals surface area contributed by atoms with E-state index in [1.807, 2.05) is 18.2 Å². The molecule has 0 aromatic heterocycles. The summed E-state index contributed by atoms with van der Waals surface area (Å²) < 4.78 is 16.0. The molecule has 0 unspecified atom stereocenters. The summed E-state index contributed by atoms with van der Waals surface area (Å²) in [5, 5.41) is 2.30. The van der Waals surface area contributed by atoms with Gasteiger partial charge in [0.15, 0.2) is 18.1 Å². The first-order chi connectivity index (χ1) is 11.7. The molecule has 0 saturated carbocycles. The lowest BCUT2D eigenvalue weighted by molar-refractivity contribution is -0.909. The van der Waals surface area contributed by atoms with E-state index in [0.717, 1.165) is 45.0 Å². The lowest BCUT2D eigenvalue weighted by Gasteiger charge is -2.23. The molecule has 0 atom stereocenters. The molecule has 0 aliphatic carbocycles. The van der Waals surface area contributed by atoms with E-state index in [2.05, 4.69) is 5.32 Å². The zero-order valence-corrected chi connectivity index (χ0v) is 14.4. The van der Waals surface area contributed by atoms with E-state index >= 15 is 0 Å². The third kappa shape index (κ3) is 6.35. The number of benzene rings is 1. The van der Waals surface area contributed by atoms with Gasteiger partial charge < -0.3 is 30.2 Å². The zero-order chi connectivity index (χ0) is 17.2. The number of nitrogens with two attached hydrogens (primary N) is 2. The molecule has 134 valence electrons. The maximum Gasteiger partial charge on any atom is 0.255 e. The first-order valence-corrected chi connectivity index (χ1v) is 8.50. The van der Waals surface area contributed by atoms with Crippen molar-refractivity contribution < 1.29 is 29.2 Å². The van der Waals surface area contributed by atoms with Crippen LogP contribution >= 0.6 is 0 Å². The van der Waals surface area contributed by atoms with Crippen LogP contribution in [0.5, 0.6) is 11.5 Å². The van der Waals surface area contributed by atoms with E-state index in [0.29, 0.717) is 11.5 Å². The Morgan fingerprint density at radius 2 is 2.12 bits per heavy atom. The second-order valence-corrected chi connectivity index (χ2v) is 5.99. The molecular weight excluding hydrogens is 310 g/mol. The van der Waals surface area contributed by atoms with Crippen molar-refractivity contribution >= 4 is 5.91 Å². The molecule has 1 saturated heterocycles. The normalized spacial score (nSPS) is 15.2. The van der Waals surface area contributed by atoms with Crippen LogP contribution in [-0.2, 0) is 16.1 Å². The topological polar surface area (TPSA) is 91.8 Å². The van der Waals surface area contributed by atoms with Crippen LogP contribution in [0.15, 0.2) is 18.2 Å². The van der Waals surface area contributed by atoms with E-state index in [1.165, 1.54) is 13.0 Å². The molecule has 24 heavy (non-hydrogen) atoms. The Kier molecular flexibility index (Phi) is 7.81. The minimum Gasteiger partial charge on any atom is -0.493 e. The molecule has 7 heteroatoms. The predicted octanol–water partition coefficient (Wildman–Crippen LogP) is -2.07. The van der Waals surface area contributed by atoms with Gasteiger partial charge in [-0.25, -0.2) is 0 Å². The van der Waals surface area contributed by atoms with Gasteiger partial charge in [0.05, 0.1) is 33.4 Å². The number of hydrogen-bond donors (Lipinski definition) is 3. The molecule has 1 amide bonds. The number of hydrogen-bond acceptors (Lipinski definition) is 4. The van der Waals surface area contributed by atoms with E-state index < -0.39 is 5.91 Å². The second kappa shape index (κ2) is 10.1. The molecule has 2 rings (SSSR count). The van der Waals surface area contributed by atoms with Crippen LogP contribution in [-0.4, -0.2) is 59.0 Å². The van der Waals surface area contributed by atoms with Crippen molar-refractivity contribution in [1.29, 1.82) is 0 Å². The molecule has 0 spiro atoms. The summed E-state index contributed by atoms with van der Waals surface area (Å²) in [4.78, 5) is 12.4. The third-order valence-electron chi connectivity index (χ3n) is 4.12. The predicted molar refractivity (Wildman–Crippen MR) is 89.2 cm³/mol. The average molecular weight is 339 g/mol. The summed E-state index contributed by atoms with van der Waals surface area (Å²) in [6, 6.07) is 5.76. The molecule has 5 N–H and O–H groups in total. The molecule has 1 aliphatic heterocycles. The Morgan fingerprint density at radius 3 is 2.83 bits per heavy atom. The molecule has 1 aromatic carbocycles. The van der Waals surface area contributed by atoms with Gasteiger partial charge in [0, 0.05) is 12.0 Å². The highest BCUT2D eigenvalue weighted by Gasteiger charge is 2.13. The summed E-state index contributed by atoms with van der Waals surface area (Å²) >= 11 is 0. The van der Waals surface area contributed by atoms with E-state index in [1.54, 1.807) is 12.0 Å². The highest BCUT2D eigenvalue weighted by Crippen LogP contribution is 2.27. The van der Waals surface area contributed by atoms with Gasteiger partial charge in [0.2, 0.25) is 0 Å². The Morgan fingerprint density at radius 1 is 1.33 bits per heavy atom. The first-order valence-electron chi connectivity index (χ1n) is 8.50. The van der Waals surface area contributed by atoms with Gasteiger partial charge in [-0.2, -0.15) is 0 Å². The van der Waals surface area contributed by atoms with Crippen LogP contribution in [0.25, 0.3) is 0 Å². The molecule has 1 fully saturated rings. The third-order valence-corrected chi connectivity index (χ3v) is 4.12. The molecule has 1 aliphatic rings. The molecular formula is C17H29N3O4+2. The second-order valence-electron chi connectivity index (χ2n) is 5.99. The lowest BCUT2D eigenvalue weighted by atomic mass is 10.2. The highest BCUT2D eigenvalue weighted by atomic mass is 16.5. The van der Waals surface area contributed by atoms with E-state index in [-0.39, 0.29) is 6.61 Å². The number of carbonyl (C=O) groups excluding carboxylic acids is 1. The van der Waals surface area contributed by atoms with Crippen molar-refractivity contribution in [3.05, 3.63) is 23.8 Å². The van der Waals surface area contributed by atoms with Crippen molar-refractivity contribution in [3.63, 3.8) is 0 Å². The van der Waals surface area contributed by atoms with Crippen molar-refractivity contribution in [2.45, 2.75) is 13.0 Å². The van der Waals surface area contributed by atoms with Crippen molar-refractivity contribution in [3.8, 4) is 11.5 Å². The Balaban J connectivity index is 1.70. The molecule has 7 nitrogen and oxygen atoms in total. The number of carbonyl (C=O) groups is 1. The number of ether oxygens (including phenoxy) is 3. The number of quaternary nitrogens is 2. The average Bonchev–Trinajstić information content (AvgIpc) is 2.60. The summed E-state index contributed by atoms with van der Waals surface area (Å²) in [6.45, 7) is 7.10. The van der Waals surface area contributed by atoms with Gasteiger partial charge in [-0.1, -0.05) is 0 Å². The maximum atomic E-state index is 10.8. The van der Waals surface area contributed by atoms with Gasteiger partial charge in [0.25, 0.3) is 5.91 Å². The minimum absolute atomic E-state index is 0.147.